The molecule has 8 nitrogen and oxygen atoms in total. The van der Waals surface area contributed by atoms with Crippen LogP contribution in [0.5, 0.6) is 5.75 Å². The molecule has 0 aliphatic carbocycles. The van der Waals surface area contributed by atoms with Gasteiger partial charge in [0.1, 0.15) is 5.75 Å². The lowest BCUT2D eigenvalue weighted by Crippen LogP contribution is -2.32. The third-order valence-electron chi connectivity index (χ3n) is 3.17. The zero-order chi connectivity index (χ0) is 14.9. The molecule has 10 heteroatoms. The van der Waals surface area contributed by atoms with Crippen LogP contribution in [0.4, 0.5) is 5.69 Å². The van der Waals surface area contributed by atoms with E-state index in [1.807, 2.05) is 0 Å². The van der Waals surface area contributed by atoms with Crippen LogP contribution in [0, 0.1) is 10.1 Å². The molecule has 1 atom stereocenters. The minimum atomic E-state index is -3.92. The SMILES string of the molecule is COc1ccc(S(=O)(=O)N2CC[C@H](N)C2)c([N+](=O)[O-])c1.Cl. The third-order valence-corrected chi connectivity index (χ3v) is 5.08. The molecule has 1 aliphatic rings. The van der Waals surface area contributed by atoms with Crippen LogP contribution in [0.3, 0.4) is 0 Å². The highest BCUT2D eigenvalue weighted by atomic mass is 35.5. The largest absolute Gasteiger partial charge is 0.497 e. The number of methoxy groups -OCH3 is 1. The van der Waals surface area contributed by atoms with Crippen molar-refractivity contribution in [2.75, 3.05) is 20.2 Å². The van der Waals surface area contributed by atoms with E-state index in [-0.39, 0.29) is 42.2 Å². The molecule has 1 aromatic rings. The average molecular weight is 338 g/mol. The van der Waals surface area contributed by atoms with Gasteiger partial charge < -0.3 is 10.5 Å². The van der Waals surface area contributed by atoms with Gasteiger partial charge in [-0.2, -0.15) is 4.31 Å². The summed E-state index contributed by atoms with van der Waals surface area (Å²) in [5.41, 5.74) is 5.19. The molecule has 0 unspecified atom stereocenters. The molecular formula is C11H16ClN3O5S. The van der Waals surface area contributed by atoms with Crippen molar-refractivity contribution in [3.8, 4) is 5.75 Å². The summed E-state index contributed by atoms with van der Waals surface area (Å²) >= 11 is 0. The summed E-state index contributed by atoms with van der Waals surface area (Å²) in [7, 11) is -2.56. The van der Waals surface area contributed by atoms with Crippen molar-refractivity contribution in [3.63, 3.8) is 0 Å². The molecule has 2 rings (SSSR count). The van der Waals surface area contributed by atoms with Crippen molar-refractivity contribution in [2.24, 2.45) is 5.73 Å². The standard InChI is InChI=1S/C11H15N3O5S.ClH/c1-19-9-2-3-11(10(6-9)14(15)16)20(17,18)13-5-4-8(12)7-13;/h2-3,6,8H,4-5,7,12H2,1H3;1H/t8-;/m0./s1. The Hall–Kier alpha value is -1.42. The van der Waals surface area contributed by atoms with Gasteiger partial charge in [0.25, 0.3) is 5.69 Å². The van der Waals surface area contributed by atoms with E-state index in [4.69, 9.17) is 10.5 Å². The first-order valence-corrected chi connectivity index (χ1v) is 7.38. The highest BCUT2D eigenvalue weighted by molar-refractivity contribution is 7.89. The molecular weight excluding hydrogens is 322 g/mol. The molecule has 1 saturated heterocycles. The lowest BCUT2D eigenvalue weighted by atomic mass is 10.3. The molecule has 0 radical (unpaired) electrons. The van der Waals surface area contributed by atoms with Crippen LogP contribution in [0.2, 0.25) is 0 Å². The molecule has 0 spiro atoms. The smallest absolute Gasteiger partial charge is 0.293 e. The Morgan fingerprint density at radius 3 is 2.62 bits per heavy atom. The van der Waals surface area contributed by atoms with Crippen molar-refractivity contribution >= 4 is 28.1 Å². The number of benzene rings is 1. The number of halogens is 1. The Kier molecular flexibility index (Phi) is 5.51. The van der Waals surface area contributed by atoms with Gasteiger partial charge in [-0.3, -0.25) is 10.1 Å². The summed E-state index contributed by atoms with van der Waals surface area (Å²) in [6.45, 7) is 0.443. The average Bonchev–Trinajstić information content (AvgIpc) is 2.85. The van der Waals surface area contributed by atoms with Gasteiger partial charge in [0.2, 0.25) is 10.0 Å². The second-order valence-electron chi connectivity index (χ2n) is 4.50. The fourth-order valence-electron chi connectivity index (χ4n) is 2.10. The summed E-state index contributed by atoms with van der Waals surface area (Å²) < 4.78 is 30.9. The Bertz CT molecular complexity index is 637. The van der Waals surface area contributed by atoms with Crippen LogP contribution in [0.15, 0.2) is 23.1 Å². The van der Waals surface area contributed by atoms with Crippen LogP contribution >= 0.6 is 12.4 Å². The molecule has 1 fully saturated rings. The Morgan fingerprint density at radius 1 is 1.48 bits per heavy atom. The third kappa shape index (κ3) is 3.43. The molecule has 1 heterocycles. The van der Waals surface area contributed by atoms with Gasteiger partial charge in [-0.25, -0.2) is 8.42 Å². The molecule has 0 saturated carbocycles. The van der Waals surface area contributed by atoms with E-state index in [0.29, 0.717) is 6.42 Å². The van der Waals surface area contributed by atoms with Gasteiger partial charge in [0, 0.05) is 19.1 Å². The van der Waals surface area contributed by atoms with Crippen molar-refractivity contribution in [3.05, 3.63) is 28.3 Å². The predicted octanol–water partition coefficient (Wildman–Crippen LogP) is 0.747. The first kappa shape index (κ1) is 17.6. The van der Waals surface area contributed by atoms with Gasteiger partial charge in [0.15, 0.2) is 4.90 Å². The quantitative estimate of drug-likeness (QED) is 0.640. The zero-order valence-corrected chi connectivity index (χ0v) is 12.9. The number of rotatable bonds is 4. The summed E-state index contributed by atoms with van der Waals surface area (Å²) in [4.78, 5) is 9.99. The Balaban J connectivity index is 0.00000220. The van der Waals surface area contributed by atoms with E-state index in [0.717, 1.165) is 6.07 Å². The minimum Gasteiger partial charge on any atom is -0.497 e. The van der Waals surface area contributed by atoms with E-state index in [9.17, 15) is 18.5 Å². The fourth-order valence-corrected chi connectivity index (χ4v) is 3.75. The summed E-state index contributed by atoms with van der Waals surface area (Å²) in [6.07, 6.45) is 0.545. The van der Waals surface area contributed by atoms with Crippen molar-refractivity contribution < 1.29 is 18.1 Å². The number of nitro benzene ring substituents is 1. The van der Waals surface area contributed by atoms with E-state index in [2.05, 4.69) is 0 Å². The first-order valence-electron chi connectivity index (χ1n) is 5.94. The maximum atomic E-state index is 12.4. The first-order chi connectivity index (χ1) is 9.36. The van der Waals surface area contributed by atoms with Gasteiger partial charge in [-0.05, 0) is 18.6 Å². The second kappa shape index (κ2) is 6.56. The van der Waals surface area contributed by atoms with E-state index >= 15 is 0 Å². The molecule has 0 bridgehead atoms. The molecule has 1 aromatic carbocycles. The molecule has 118 valence electrons. The van der Waals surface area contributed by atoms with Crippen LogP contribution in [0.1, 0.15) is 6.42 Å². The number of nitrogens with zero attached hydrogens (tertiary/aromatic N) is 2. The van der Waals surface area contributed by atoms with Gasteiger partial charge in [0.05, 0.1) is 18.1 Å². The zero-order valence-electron chi connectivity index (χ0n) is 11.3. The van der Waals surface area contributed by atoms with Crippen molar-refractivity contribution in [1.29, 1.82) is 0 Å². The van der Waals surface area contributed by atoms with Crippen molar-refractivity contribution in [2.45, 2.75) is 17.4 Å². The van der Waals surface area contributed by atoms with Crippen LogP contribution in [0.25, 0.3) is 0 Å². The van der Waals surface area contributed by atoms with Gasteiger partial charge in [-0.15, -0.1) is 12.4 Å². The molecule has 0 amide bonds. The highest BCUT2D eigenvalue weighted by Gasteiger charge is 2.35. The van der Waals surface area contributed by atoms with Crippen LogP contribution in [-0.4, -0.2) is 43.9 Å². The number of ether oxygens (including phenoxy) is 1. The normalized spacial score (nSPS) is 19.0. The van der Waals surface area contributed by atoms with E-state index in [1.54, 1.807) is 0 Å². The van der Waals surface area contributed by atoms with E-state index < -0.39 is 20.6 Å². The lowest BCUT2D eigenvalue weighted by Gasteiger charge is -2.16. The summed E-state index contributed by atoms with van der Waals surface area (Å²) in [5, 5.41) is 11.1. The number of sulfonamides is 1. The topological polar surface area (TPSA) is 116 Å². The monoisotopic (exact) mass is 337 g/mol. The molecule has 0 aromatic heterocycles. The minimum absolute atomic E-state index is 0. The van der Waals surface area contributed by atoms with Gasteiger partial charge in [-0.1, -0.05) is 0 Å². The Labute approximate surface area is 128 Å². The fraction of sp³-hybridized carbons (Fsp3) is 0.455. The Morgan fingerprint density at radius 2 is 2.14 bits per heavy atom. The summed E-state index contributed by atoms with van der Waals surface area (Å²) in [6, 6.07) is 3.44. The maximum absolute atomic E-state index is 12.4. The molecule has 21 heavy (non-hydrogen) atoms. The van der Waals surface area contributed by atoms with Crippen LogP contribution < -0.4 is 10.5 Å². The van der Waals surface area contributed by atoms with Gasteiger partial charge >= 0.3 is 0 Å². The predicted molar refractivity (Wildman–Crippen MR) is 78.2 cm³/mol. The lowest BCUT2D eigenvalue weighted by molar-refractivity contribution is -0.387. The van der Waals surface area contributed by atoms with Crippen LogP contribution in [-0.2, 0) is 10.0 Å². The number of nitro groups is 1. The molecule has 2 N–H and O–H groups in total. The van der Waals surface area contributed by atoms with E-state index in [1.165, 1.54) is 23.5 Å². The summed E-state index contributed by atoms with van der Waals surface area (Å²) in [5.74, 6) is 0.230. The number of nitrogens with two attached hydrogens (primary N) is 1. The highest BCUT2D eigenvalue weighted by Crippen LogP contribution is 2.31. The molecule has 1 aliphatic heterocycles. The van der Waals surface area contributed by atoms with Crippen molar-refractivity contribution in [1.82, 2.24) is 4.31 Å². The number of hydrogen-bond acceptors (Lipinski definition) is 6. The maximum Gasteiger partial charge on any atom is 0.293 e. The second-order valence-corrected chi connectivity index (χ2v) is 6.41. The number of hydrogen-bond donors (Lipinski definition) is 1.